The summed E-state index contributed by atoms with van der Waals surface area (Å²) >= 11 is 0. The lowest BCUT2D eigenvalue weighted by atomic mass is 9.96. The van der Waals surface area contributed by atoms with Gasteiger partial charge in [-0.1, -0.05) is 46.6 Å². The molecule has 1 aromatic heterocycles. The van der Waals surface area contributed by atoms with Crippen molar-refractivity contribution in [1.82, 2.24) is 15.2 Å². The van der Waals surface area contributed by atoms with E-state index in [2.05, 4.69) is 61.2 Å². The number of nitrogens with one attached hydrogen (secondary N) is 1. The highest BCUT2D eigenvalue weighted by atomic mass is 15.2. The zero-order valence-corrected chi connectivity index (χ0v) is 14.4. The molecule has 0 bridgehead atoms. The van der Waals surface area contributed by atoms with Gasteiger partial charge in [0, 0.05) is 7.05 Å². The van der Waals surface area contributed by atoms with Gasteiger partial charge < -0.3 is 5.32 Å². The highest BCUT2D eigenvalue weighted by Crippen LogP contribution is 2.25. The Labute approximate surface area is 129 Å². The third-order valence-corrected chi connectivity index (χ3v) is 3.63. The van der Waals surface area contributed by atoms with Crippen LogP contribution >= 0.6 is 0 Å². The summed E-state index contributed by atoms with van der Waals surface area (Å²) in [6.07, 6.45) is 6.75. The predicted molar refractivity (Wildman–Crippen MR) is 90.3 cm³/mol. The summed E-state index contributed by atoms with van der Waals surface area (Å²) in [4.78, 5) is 4.64. The first-order chi connectivity index (χ1) is 9.99. The van der Waals surface area contributed by atoms with E-state index in [1.807, 2.05) is 7.05 Å². The lowest BCUT2D eigenvalue weighted by molar-refractivity contribution is 0.535. The molecule has 4 nitrogen and oxygen atoms in total. The molecule has 0 saturated heterocycles. The number of anilines is 1. The quantitative estimate of drug-likeness (QED) is 0.723. The van der Waals surface area contributed by atoms with E-state index in [4.69, 9.17) is 0 Å². The number of hydrogen-bond acceptors (Lipinski definition) is 4. The Bertz CT molecular complexity index is 464. The molecular formula is C17H30N4. The van der Waals surface area contributed by atoms with Gasteiger partial charge in [0.05, 0.1) is 11.4 Å². The molecule has 0 atom stereocenters. The Balaban J connectivity index is 2.92. The van der Waals surface area contributed by atoms with Crippen molar-refractivity contribution in [2.75, 3.05) is 12.4 Å². The minimum Gasteiger partial charge on any atom is -0.356 e. The van der Waals surface area contributed by atoms with E-state index in [0.717, 1.165) is 30.1 Å². The van der Waals surface area contributed by atoms with E-state index in [0.29, 0.717) is 11.9 Å². The third kappa shape index (κ3) is 5.44. The Morgan fingerprint density at radius 1 is 1.14 bits per heavy atom. The van der Waals surface area contributed by atoms with Gasteiger partial charge in [-0.15, -0.1) is 10.2 Å². The maximum Gasteiger partial charge on any atom is 0.243 e. The first-order valence-corrected chi connectivity index (χ1v) is 8.07. The number of nitrogens with zero attached hydrogens (tertiary/aromatic N) is 3. The lowest BCUT2D eigenvalue weighted by Crippen LogP contribution is -2.10. The molecule has 4 heteroatoms. The molecule has 1 heterocycles. The van der Waals surface area contributed by atoms with Crippen molar-refractivity contribution in [2.24, 2.45) is 11.8 Å². The molecule has 0 unspecified atom stereocenters. The molecule has 21 heavy (non-hydrogen) atoms. The Morgan fingerprint density at radius 2 is 1.86 bits per heavy atom. The van der Waals surface area contributed by atoms with Crippen LogP contribution in [0.2, 0.25) is 0 Å². The first kappa shape index (κ1) is 17.6. The summed E-state index contributed by atoms with van der Waals surface area (Å²) in [6, 6.07) is 0. The SMILES string of the molecule is C/C=C(\c1nc(NC)nnc1CCCCC(C)C)C(C)C. The minimum atomic E-state index is 0.436. The summed E-state index contributed by atoms with van der Waals surface area (Å²) in [6.45, 7) is 11.0. The molecule has 0 fully saturated rings. The van der Waals surface area contributed by atoms with E-state index < -0.39 is 0 Å². The van der Waals surface area contributed by atoms with Crippen molar-refractivity contribution < 1.29 is 0 Å². The van der Waals surface area contributed by atoms with Crippen molar-refractivity contribution >= 4 is 11.5 Å². The fourth-order valence-corrected chi connectivity index (χ4v) is 2.44. The minimum absolute atomic E-state index is 0.436. The maximum atomic E-state index is 4.64. The van der Waals surface area contributed by atoms with Gasteiger partial charge in [-0.05, 0) is 37.2 Å². The standard InChI is InChI=1S/C17H30N4/c1-7-14(13(4)5)16-15(11-9-8-10-12(2)3)20-21-17(18-6)19-16/h7,12-13H,8-11H2,1-6H3,(H,18,19,21)/b14-7-. The fourth-order valence-electron chi connectivity index (χ4n) is 2.44. The topological polar surface area (TPSA) is 50.7 Å². The van der Waals surface area contributed by atoms with E-state index in [1.54, 1.807) is 0 Å². The van der Waals surface area contributed by atoms with Gasteiger partial charge in [0.25, 0.3) is 0 Å². The summed E-state index contributed by atoms with van der Waals surface area (Å²) < 4.78 is 0. The van der Waals surface area contributed by atoms with E-state index in [-0.39, 0.29) is 0 Å². The van der Waals surface area contributed by atoms with Gasteiger partial charge in [-0.25, -0.2) is 4.98 Å². The summed E-state index contributed by atoms with van der Waals surface area (Å²) in [5.74, 6) is 1.80. The van der Waals surface area contributed by atoms with Gasteiger partial charge in [0.15, 0.2) is 0 Å². The van der Waals surface area contributed by atoms with Crippen LogP contribution in [0.4, 0.5) is 5.95 Å². The van der Waals surface area contributed by atoms with E-state index in [1.165, 1.54) is 18.4 Å². The molecule has 0 amide bonds. The van der Waals surface area contributed by atoms with Gasteiger partial charge in [0.1, 0.15) is 0 Å². The molecule has 118 valence electrons. The highest BCUT2D eigenvalue weighted by Gasteiger charge is 2.15. The normalized spacial score (nSPS) is 12.3. The number of aromatic nitrogens is 3. The van der Waals surface area contributed by atoms with Crippen LogP contribution in [-0.4, -0.2) is 22.2 Å². The predicted octanol–water partition coefficient (Wildman–Crippen LogP) is 4.34. The molecule has 0 aromatic carbocycles. The number of aryl methyl sites for hydroxylation is 1. The number of allylic oxidation sites excluding steroid dienone is 2. The molecule has 0 saturated carbocycles. The average Bonchev–Trinajstić information content (AvgIpc) is 2.44. The summed E-state index contributed by atoms with van der Waals surface area (Å²) in [5.41, 5.74) is 3.29. The fraction of sp³-hybridized carbons (Fsp3) is 0.706. The molecule has 1 N–H and O–H groups in total. The van der Waals surface area contributed by atoms with E-state index in [9.17, 15) is 0 Å². The third-order valence-electron chi connectivity index (χ3n) is 3.63. The molecule has 0 aliphatic heterocycles. The number of unbranched alkanes of at least 4 members (excludes halogenated alkanes) is 1. The number of rotatable bonds is 8. The second kappa shape index (κ2) is 8.75. The second-order valence-electron chi connectivity index (χ2n) is 6.22. The average molecular weight is 290 g/mol. The van der Waals surface area contributed by atoms with Crippen LogP contribution in [0.3, 0.4) is 0 Å². The van der Waals surface area contributed by atoms with Crippen LogP contribution in [0, 0.1) is 11.8 Å². The van der Waals surface area contributed by atoms with E-state index >= 15 is 0 Å². The van der Waals surface area contributed by atoms with Gasteiger partial charge in [-0.2, -0.15) is 0 Å². The van der Waals surface area contributed by atoms with Crippen molar-refractivity contribution in [3.05, 3.63) is 17.5 Å². The summed E-state index contributed by atoms with van der Waals surface area (Å²) in [7, 11) is 1.83. The van der Waals surface area contributed by atoms with Crippen LogP contribution in [0.15, 0.2) is 6.08 Å². The smallest absolute Gasteiger partial charge is 0.243 e. The van der Waals surface area contributed by atoms with Crippen molar-refractivity contribution in [1.29, 1.82) is 0 Å². The van der Waals surface area contributed by atoms with Crippen LogP contribution in [0.5, 0.6) is 0 Å². The molecular weight excluding hydrogens is 260 g/mol. The molecule has 1 rings (SSSR count). The van der Waals surface area contributed by atoms with Crippen molar-refractivity contribution in [3.8, 4) is 0 Å². The van der Waals surface area contributed by atoms with Crippen LogP contribution < -0.4 is 5.32 Å². The zero-order valence-electron chi connectivity index (χ0n) is 14.4. The Kier molecular flexibility index (Phi) is 7.34. The second-order valence-corrected chi connectivity index (χ2v) is 6.22. The monoisotopic (exact) mass is 290 g/mol. The largest absolute Gasteiger partial charge is 0.356 e. The summed E-state index contributed by atoms with van der Waals surface area (Å²) in [5, 5.41) is 11.5. The first-order valence-electron chi connectivity index (χ1n) is 8.07. The van der Waals surface area contributed by atoms with Crippen LogP contribution in [-0.2, 0) is 6.42 Å². The molecule has 0 aliphatic carbocycles. The van der Waals surface area contributed by atoms with Crippen molar-refractivity contribution in [3.63, 3.8) is 0 Å². The molecule has 0 aliphatic rings. The van der Waals surface area contributed by atoms with Crippen LogP contribution in [0.1, 0.15) is 65.3 Å². The highest BCUT2D eigenvalue weighted by molar-refractivity contribution is 5.66. The Hall–Kier alpha value is -1.45. The number of hydrogen-bond donors (Lipinski definition) is 1. The van der Waals surface area contributed by atoms with Crippen LogP contribution in [0.25, 0.3) is 5.57 Å². The lowest BCUT2D eigenvalue weighted by Gasteiger charge is -2.14. The molecule has 1 aromatic rings. The van der Waals surface area contributed by atoms with Gasteiger partial charge in [0.2, 0.25) is 5.95 Å². The zero-order chi connectivity index (χ0) is 15.8. The maximum absolute atomic E-state index is 4.64. The van der Waals surface area contributed by atoms with Gasteiger partial charge in [-0.3, -0.25) is 0 Å². The van der Waals surface area contributed by atoms with Gasteiger partial charge >= 0.3 is 0 Å². The molecule has 0 radical (unpaired) electrons. The molecule has 0 spiro atoms. The van der Waals surface area contributed by atoms with Crippen molar-refractivity contribution in [2.45, 2.75) is 60.3 Å². The Morgan fingerprint density at radius 3 is 2.38 bits per heavy atom.